The van der Waals surface area contributed by atoms with Crippen LogP contribution in [-0.4, -0.2) is 68.8 Å². The quantitative estimate of drug-likeness (QED) is 0.767. The van der Waals surface area contributed by atoms with Crippen molar-refractivity contribution in [1.82, 2.24) is 29.5 Å². The van der Waals surface area contributed by atoms with Gasteiger partial charge in [0.1, 0.15) is 5.82 Å². The number of aromatic nitrogens is 4. The van der Waals surface area contributed by atoms with Crippen LogP contribution in [0, 0.1) is 0 Å². The first-order valence-corrected chi connectivity index (χ1v) is 9.50. The minimum absolute atomic E-state index is 0.579. The molecule has 0 aliphatic carbocycles. The Bertz CT molecular complexity index is 871. The first-order chi connectivity index (χ1) is 12.6. The number of hydrogen-bond acceptors (Lipinski definition) is 4. The smallest absolute Gasteiger partial charge is 0.181 e. The Morgan fingerprint density at radius 2 is 1.92 bits per heavy atom. The number of rotatable bonds is 5. The van der Waals surface area contributed by atoms with E-state index in [9.17, 15) is 0 Å². The van der Waals surface area contributed by atoms with E-state index in [4.69, 9.17) is 4.98 Å². The maximum Gasteiger partial charge on any atom is 0.181 e. The Kier molecular flexibility index (Phi) is 4.78. The van der Waals surface area contributed by atoms with Crippen LogP contribution >= 0.6 is 0 Å². The molecule has 1 atom stereocenters. The zero-order valence-corrected chi connectivity index (χ0v) is 15.9. The summed E-state index contributed by atoms with van der Waals surface area (Å²) in [6.07, 6.45) is 4.12. The topological polar surface area (TPSA) is 53.0 Å². The van der Waals surface area contributed by atoms with Crippen LogP contribution in [0.15, 0.2) is 30.5 Å². The number of likely N-dealkylation sites (N-methyl/N-ethyl adjacent to an activating group) is 1. The molecule has 26 heavy (non-hydrogen) atoms. The van der Waals surface area contributed by atoms with E-state index in [1.54, 1.807) is 0 Å². The second kappa shape index (κ2) is 7.21. The van der Waals surface area contributed by atoms with Gasteiger partial charge >= 0.3 is 0 Å². The zero-order valence-electron chi connectivity index (χ0n) is 15.9. The van der Waals surface area contributed by atoms with Gasteiger partial charge in [-0.15, -0.1) is 0 Å². The molecule has 1 aromatic carbocycles. The molecule has 3 heterocycles. The van der Waals surface area contributed by atoms with E-state index in [1.165, 1.54) is 10.9 Å². The summed E-state index contributed by atoms with van der Waals surface area (Å²) in [6, 6.07) is 9.01. The van der Waals surface area contributed by atoms with E-state index in [1.807, 2.05) is 0 Å². The van der Waals surface area contributed by atoms with E-state index >= 15 is 0 Å². The van der Waals surface area contributed by atoms with Crippen LogP contribution in [0.1, 0.15) is 19.2 Å². The van der Waals surface area contributed by atoms with Crippen molar-refractivity contribution in [3.8, 4) is 11.4 Å². The molecule has 0 saturated carbocycles. The van der Waals surface area contributed by atoms with Crippen LogP contribution < -0.4 is 0 Å². The second-order valence-electron chi connectivity index (χ2n) is 7.50. The summed E-state index contributed by atoms with van der Waals surface area (Å²) in [6.45, 7) is 6.98. The molecule has 1 saturated heterocycles. The Morgan fingerprint density at radius 1 is 1.12 bits per heavy atom. The van der Waals surface area contributed by atoms with Crippen molar-refractivity contribution in [2.24, 2.45) is 7.05 Å². The molecule has 1 fully saturated rings. The molecular weight excluding hydrogens is 324 g/mol. The molecule has 0 unspecified atom stereocenters. The van der Waals surface area contributed by atoms with Gasteiger partial charge in [0.05, 0.1) is 0 Å². The van der Waals surface area contributed by atoms with Crippen LogP contribution in [0.2, 0.25) is 0 Å². The van der Waals surface area contributed by atoms with Gasteiger partial charge in [-0.3, -0.25) is 10.00 Å². The summed E-state index contributed by atoms with van der Waals surface area (Å²) in [7, 11) is 4.26. The van der Waals surface area contributed by atoms with Gasteiger partial charge in [0, 0.05) is 68.4 Å². The van der Waals surface area contributed by atoms with E-state index < -0.39 is 0 Å². The molecule has 0 spiro atoms. The molecule has 138 valence electrons. The third-order valence-corrected chi connectivity index (χ3v) is 5.66. The highest BCUT2D eigenvalue weighted by atomic mass is 15.3. The molecular formula is C20H28N6. The molecule has 1 N–H and O–H groups in total. The lowest BCUT2D eigenvalue weighted by molar-refractivity contribution is 0.114. The van der Waals surface area contributed by atoms with Gasteiger partial charge in [0.15, 0.2) is 5.82 Å². The molecule has 0 amide bonds. The predicted octanol–water partition coefficient (Wildman–Crippen LogP) is 2.53. The van der Waals surface area contributed by atoms with Gasteiger partial charge in [-0.1, -0.05) is 12.1 Å². The summed E-state index contributed by atoms with van der Waals surface area (Å²) < 4.78 is 2.13. The molecule has 0 bridgehead atoms. The Hall–Kier alpha value is -2.18. The standard InChI is InChI=1S/C20H28N6/c1-15(26-13-11-24(2)12-14-26)7-8-19-21-20(23-22-19)17-5-4-6-18-16(17)9-10-25(18)3/h4-6,9-10,15H,7-8,11-14H2,1-3H3,(H,21,22,23)/t15-/m0/s1. The SMILES string of the molecule is C[C@@H](CCc1nc(-c2cccc3c2ccn3C)n[nH]1)N1CCN(C)CC1. The summed E-state index contributed by atoms with van der Waals surface area (Å²) >= 11 is 0. The highest BCUT2D eigenvalue weighted by molar-refractivity contribution is 5.93. The van der Waals surface area contributed by atoms with Crippen LogP contribution in [0.25, 0.3) is 22.3 Å². The first-order valence-electron chi connectivity index (χ1n) is 9.50. The molecule has 1 aliphatic rings. The number of fused-ring (bicyclic) bond motifs is 1. The number of piperazine rings is 1. The highest BCUT2D eigenvalue weighted by Gasteiger charge is 2.19. The van der Waals surface area contributed by atoms with E-state index in [2.05, 4.69) is 76.0 Å². The van der Waals surface area contributed by atoms with Gasteiger partial charge in [0.25, 0.3) is 0 Å². The summed E-state index contributed by atoms with van der Waals surface area (Å²) in [5.74, 6) is 1.78. The zero-order chi connectivity index (χ0) is 18.1. The minimum Gasteiger partial charge on any atom is -0.351 e. The van der Waals surface area contributed by atoms with Crippen LogP contribution in [0.5, 0.6) is 0 Å². The number of nitrogens with one attached hydrogen (secondary N) is 1. The van der Waals surface area contributed by atoms with Crippen LogP contribution in [-0.2, 0) is 13.5 Å². The van der Waals surface area contributed by atoms with Crippen molar-refractivity contribution in [3.63, 3.8) is 0 Å². The lowest BCUT2D eigenvalue weighted by atomic mass is 10.1. The Labute approximate surface area is 154 Å². The molecule has 4 rings (SSSR count). The lowest BCUT2D eigenvalue weighted by Crippen LogP contribution is -2.48. The minimum atomic E-state index is 0.579. The maximum atomic E-state index is 4.77. The number of hydrogen-bond donors (Lipinski definition) is 1. The Morgan fingerprint density at radius 3 is 2.73 bits per heavy atom. The molecule has 0 radical (unpaired) electrons. The summed E-state index contributed by atoms with van der Waals surface area (Å²) in [5.41, 5.74) is 2.30. The molecule has 6 nitrogen and oxygen atoms in total. The van der Waals surface area contributed by atoms with E-state index in [-0.39, 0.29) is 0 Å². The van der Waals surface area contributed by atoms with Crippen molar-refractivity contribution in [2.75, 3.05) is 33.2 Å². The van der Waals surface area contributed by atoms with Crippen molar-refractivity contribution >= 4 is 10.9 Å². The average molecular weight is 352 g/mol. The van der Waals surface area contributed by atoms with Crippen molar-refractivity contribution in [3.05, 3.63) is 36.3 Å². The third kappa shape index (κ3) is 3.39. The highest BCUT2D eigenvalue weighted by Crippen LogP contribution is 2.26. The predicted molar refractivity (Wildman–Crippen MR) is 105 cm³/mol. The second-order valence-corrected chi connectivity index (χ2v) is 7.50. The average Bonchev–Trinajstić information content (AvgIpc) is 3.27. The fraction of sp³-hybridized carbons (Fsp3) is 0.500. The first kappa shape index (κ1) is 17.2. The maximum absolute atomic E-state index is 4.77. The van der Waals surface area contributed by atoms with Gasteiger partial charge in [-0.05, 0) is 32.5 Å². The monoisotopic (exact) mass is 352 g/mol. The number of nitrogens with zero attached hydrogens (tertiary/aromatic N) is 5. The van der Waals surface area contributed by atoms with Crippen molar-refractivity contribution in [1.29, 1.82) is 0 Å². The number of benzene rings is 1. The fourth-order valence-electron chi connectivity index (χ4n) is 3.82. The van der Waals surface area contributed by atoms with Crippen molar-refractivity contribution < 1.29 is 0 Å². The molecule has 2 aromatic heterocycles. The third-order valence-electron chi connectivity index (χ3n) is 5.66. The largest absolute Gasteiger partial charge is 0.351 e. The fourth-order valence-corrected chi connectivity index (χ4v) is 3.82. The number of aromatic amines is 1. The molecule has 3 aromatic rings. The van der Waals surface area contributed by atoms with Crippen LogP contribution in [0.3, 0.4) is 0 Å². The van der Waals surface area contributed by atoms with Crippen LogP contribution in [0.4, 0.5) is 0 Å². The van der Waals surface area contributed by atoms with E-state index in [0.29, 0.717) is 6.04 Å². The summed E-state index contributed by atoms with van der Waals surface area (Å²) in [4.78, 5) is 9.75. The lowest BCUT2D eigenvalue weighted by Gasteiger charge is -2.36. The molecule has 1 aliphatic heterocycles. The van der Waals surface area contributed by atoms with Gasteiger partial charge in [-0.2, -0.15) is 5.10 Å². The van der Waals surface area contributed by atoms with Crippen molar-refractivity contribution in [2.45, 2.75) is 25.8 Å². The van der Waals surface area contributed by atoms with Gasteiger partial charge in [-0.25, -0.2) is 4.98 Å². The normalized spacial score (nSPS) is 17.8. The van der Waals surface area contributed by atoms with E-state index in [0.717, 1.165) is 56.2 Å². The Balaban J connectivity index is 1.43. The van der Waals surface area contributed by atoms with Gasteiger partial charge in [0.2, 0.25) is 0 Å². The number of aryl methyl sites for hydroxylation is 2. The molecule has 6 heteroatoms. The van der Waals surface area contributed by atoms with Gasteiger partial charge < -0.3 is 9.47 Å². The number of H-pyrrole nitrogens is 1. The summed E-state index contributed by atoms with van der Waals surface area (Å²) in [5, 5.41) is 8.83.